The predicted molar refractivity (Wildman–Crippen MR) is 127 cm³/mol. The van der Waals surface area contributed by atoms with Crippen LogP contribution in [0.15, 0.2) is 24.4 Å². The minimum absolute atomic E-state index is 0.00187. The first-order valence-electron chi connectivity index (χ1n) is 10.2. The molecule has 0 radical (unpaired) electrons. The third-order valence-corrected chi connectivity index (χ3v) is 5.79. The number of carboxylic acid groups (broad SMARTS) is 1. The fourth-order valence-electron chi connectivity index (χ4n) is 3.38. The largest absolute Gasteiger partial charge is 0.480 e. The summed E-state index contributed by atoms with van der Waals surface area (Å²) >= 11 is 0. The Morgan fingerprint density at radius 3 is 2.54 bits per heavy atom. The zero-order chi connectivity index (χ0) is 25.9. The molecular formula is C20H24N8O6S. The zero-order valence-corrected chi connectivity index (χ0v) is 19.7. The van der Waals surface area contributed by atoms with E-state index >= 15 is 0 Å². The van der Waals surface area contributed by atoms with Crippen LogP contribution in [-0.4, -0.2) is 68.7 Å². The summed E-state index contributed by atoms with van der Waals surface area (Å²) in [4.78, 5) is 42.3. The second-order valence-electron chi connectivity index (χ2n) is 7.80. The molecule has 3 aromatic rings. The predicted octanol–water partition coefficient (Wildman–Crippen LogP) is -0.0101. The molecule has 3 rings (SSSR count). The number of hydrogen-bond donors (Lipinski definition) is 5. The topological polar surface area (TPSA) is 228 Å². The summed E-state index contributed by atoms with van der Waals surface area (Å²) < 4.78 is 30.6. The summed E-state index contributed by atoms with van der Waals surface area (Å²) in [5.41, 5.74) is 14.3. The number of amides is 1. The number of nitrogens with one attached hydrogen (secondary N) is 1. The molecule has 0 saturated carbocycles. The van der Waals surface area contributed by atoms with Gasteiger partial charge in [-0.05, 0) is 37.1 Å². The first-order chi connectivity index (χ1) is 16.3. The Bertz CT molecular complexity index is 1400. The number of nitrogens with zero attached hydrogens (tertiary/aromatic N) is 5. The molecule has 1 atom stereocenters. The maximum absolute atomic E-state index is 12.5. The van der Waals surface area contributed by atoms with Crippen molar-refractivity contribution in [2.75, 3.05) is 29.2 Å². The average molecular weight is 505 g/mol. The molecule has 7 N–H and O–H groups in total. The van der Waals surface area contributed by atoms with Crippen molar-refractivity contribution in [3.63, 3.8) is 0 Å². The lowest BCUT2D eigenvalue weighted by Crippen LogP contribution is -2.42. The van der Waals surface area contributed by atoms with Gasteiger partial charge in [0.1, 0.15) is 6.04 Å². The molecule has 0 saturated heterocycles. The fraction of sp³-hybridized carbons (Fsp3) is 0.300. The van der Waals surface area contributed by atoms with Crippen molar-refractivity contribution in [1.82, 2.24) is 25.3 Å². The Hall–Kier alpha value is -4.11. The summed E-state index contributed by atoms with van der Waals surface area (Å²) in [5.74, 6) is -2.79. The first kappa shape index (κ1) is 25.5. The molecule has 2 aromatic heterocycles. The third-order valence-electron chi connectivity index (χ3n) is 5.04. The normalized spacial score (nSPS) is 12.3. The number of aromatic nitrogens is 4. The van der Waals surface area contributed by atoms with E-state index in [9.17, 15) is 23.1 Å². The SMILES string of the molecule is Cc1cc(C(=O)N[C@@H](CCS(=O)(=O)O)C(=O)O)ccc1N(C)Cc1cnc2nc(N)nc(N)c2n1. The van der Waals surface area contributed by atoms with Crippen LogP contribution in [0, 0.1) is 6.92 Å². The van der Waals surface area contributed by atoms with Gasteiger partial charge in [-0.15, -0.1) is 0 Å². The van der Waals surface area contributed by atoms with E-state index in [1.807, 2.05) is 11.9 Å². The van der Waals surface area contributed by atoms with Gasteiger partial charge in [0, 0.05) is 18.3 Å². The summed E-state index contributed by atoms with van der Waals surface area (Å²) in [5, 5.41) is 11.5. The van der Waals surface area contributed by atoms with E-state index < -0.39 is 40.2 Å². The number of hydrogen-bond acceptors (Lipinski definition) is 11. The average Bonchev–Trinajstić information content (AvgIpc) is 2.75. The van der Waals surface area contributed by atoms with Crippen LogP contribution in [-0.2, 0) is 21.5 Å². The molecule has 15 heteroatoms. The second-order valence-corrected chi connectivity index (χ2v) is 9.37. The van der Waals surface area contributed by atoms with E-state index in [4.69, 9.17) is 16.0 Å². The molecule has 0 aliphatic carbocycles. The number of rotatable bonds is 9. The molecule has 35 heavy (non-hydrogen) atoms. The van der Waals surface area contributed by atoms with Gasteiger partial charge in [-0.1, -0.05) is 0 Å². The molecule has 1 aromatic carbocycles. The third kappa shape index (κ3) is 6.48. The maximum Gasteiger partial charge on any atom is 0.326 e. The van der Waals surface area contributed by atoms with Crippen molar-refractivity contribution in [3.05, 3.63) is 41.2 Å². The zero-order valence-electron chi connectivity index (χ0n) is 18.8. The first-order valence-corrected chi connectivity index (χ1v) is 11.8. The van der Waals surface area contributed by atoms with Crippen molar-refractivity contribution in [1.29, 1.82) is 0 Å². The molecule has 0 aliphatic rings. The van der Waals surface area contributed by atoms with Gasteiger partial charge in [0.2, 0.25) is 5.95 Å². The number of aliphatic carboxylic acids is 1. The van der Waals surface area contributed by atoms with Crippen LogP contribution < -0.4 is 21.7 Å². The van der Waals surface area contributed by atoms with Crippen LogP contribution >= 0.6 is 0 Å². The Morgan fingerprint density at radius 2 is 1.91 bits per heavy atom. The highest BCUT2D eigenvalue weighted by Crippen LogP contribution is 2.23. The van der Waals surface area contributed by atoms with E-state index in [0.717, 1.165) is 5.69 Å². The molecule has 0 fully saturated rings. The molecule has 0 aliphatic heterocycles. The van der Waals surface area contributed by atoms with Gasteiger partial charge in [0.05, 0.1) is 24.2 Å². The molecule has 2 heterocycles. The van der Waals surface area contributed by atoms with E-state index in [0.29, 0.717) is 23.3 Å². The number of nitrogens with two attached hydrogens (primary N) is 2. The summed E-state index contributed by atoms with van der Waals surface area (Å²) in [6, 6.07) is 3.29. The Kier molecular flexibility index (Phi) is 7.31. The van der Waals surface area contributed by atoms with Crippen molar-refractivity contribution >= 4 is 50.6 Å². The summed E-state index contributed by atoms with van der Waals surface area (Å²) in [6.07, 6.45) is 1.06. The molecule has 14 nitrogen and oxygen atoms in total. The van der Waals surface area contributed by atoms with Crippen molar-refractivity contribution < 1.29 is 27.7 Å². The van der Waals surface area contributed by atoms with Gasteiger partial charge >= 0.3 is 5.97 Å². The smallest absolute Gasteiger partial charge is 0.326 e. The molecule has 1 amide bonds. The minimum Gasteiger partial charge on any atom is -0.480 e. The molecule has 186 valence electrons. The lowest BCUT2D eigenvalue weighted by molar-refractivity contribution is -0.139. The quantitative estimate of drug-likeness (QED) is 0.242. The fourth-order valence-corrected chi connectivity index (χ4v) is 3.91. The number of aryl methyl sites for hydroxylation is 1. The van der Waals surface area contributed by atoms with Gasteiger partial charge in [-0.2, -0.15) is 18.4 Å². The van der Waals surface area contributed by atoms with Crippen LogP contribution in [0.4, 0.5) is 17.5 Å². The van der Waals surface area contributed by atoms with Gasteiger partial charge in [-0.3, -0.25) is 9.35 Å². The summed E-state index contributed by atoms with van der Waals surface area (Å²) in [6.45, 7) is 2.12. The Labute approximate surface area is 200 Å². The Balaban J connectivity index is 1.74. The van der Waals surface area contributed by atoms with Gasteiger partial charge < -0.3 is 26.8 Å². The Morgan fingerprint density at radius 1 is 1.20 bits per heavy atom. The molecular weight excluding hydrogens is 480 g/mol. The summed E-state index contributed by atoms with van der Waals surface area (Å²) in [7, 11) is -2.55. The van der Waals surface area contributed by atoms with Gasteiger partial charge in [-0.25, -0.2) is 14.8 Å². The van der Waals surface area contributed by atoms with Crippen LogP contribution in [0.1, 0.15) is 28.0 Å². The van der Waals surface area contributed by atoms with Crippen LogP contribution in [0.25, 0.3) is 11.2 Å². The number of carboxylic acids is 1. The van der Waals surface area contributed by atoms with Crippen molar-refractivity contribution in [2.24, 2.45) is 0 Å². The van der Waals surface area contributed by atoms with Crippen molar-refractivity contribution in [2.45, 2.75) is 25.9 Å². The maximum atomic E-state index is 12.5. The number of carbonyl (C=O) groups excluding carboxylic acids is 1. The minimum atomic E-state index is -4.37. The van der Waals surface area contributed by atoms with E-state index in [-0.39, 0.29) is 23.0 Å². The number of benzene rings is 1. The monoisotopic (exact) mass is 504 g/mol. The highest BCUT2D eigenvalue weighted by molar-refractivity contribution is 7.85. The van der Waals surface area contributed by atoms with Crippen LogP contribution in [0.2, 0.25) is 0 Å². The lowest BCUT2D eigenvalue weighted by Gasteiger charge is -2.22. The van der Waals surface area contributed by atoms with E-state index in [1.165, 1.54) is 6.07 Å². The second kappa shape index (κ2) is 10.0. The molecule has 0 bridgehead atoms. The highest BCUT2D eigenvalue weighted by atomic mass is 32.2. The molecule has 0 unspecified atom stereocenters. The van der Waals surface area contributed by atoms with E-state index in [2.05, 4.69) is 25.3 Å². The van der Waals surface area contributed by atoms with Crippen molar-refractivity contribution in [3.8, 4) is 0 Å². The van der Waals surface area contributed by atoms with Gasteiger partial charge in [0.25, 0.3) is 16.0 Å². The molecule has 0 spiro atoms. The standard InChI is InChI=1S/C20H24N8O6S/c1-10-7-11(18(29)25-13(19(30)31)5-6-35(32,33)34)3-4-14(10)28(2)9-12-8-23-17-15(24-12)16(21)26-20(22)27-17/h3-4,7-8,13H,5-6,9H2,1-2H3,(H,25,29)(H,30,31)(H,32,33,34)(H4,21,22,23,26,27)/t13-/m0/s1. The van der Waals surface area contributed by atoms with Gasteiger partial charge in [0.15, 0.2) is 17.0 Å². The lowest BCUT2D eigenvalue weighted by atomic mass is 10.1. The number of nitrogen functional groups attached to an aromatic ring is 2. The van der Waals surface area contributed by atoms with Crippen LogP contribution in [0.5, 0.6) is 0 Å². The van der Waals surface area contributed by atoms with E-state index in [1.54, 1.807) is 25.3 Å². The number of carbonyl (C=O) groups is 2. The number of fused-ring (bicyclic) bond motifs is 1. The number of anilines is 3. The van der Waals surface area contributed by atoms with Crippen LogP contribution in [0.3, 0.4) is 0 Å². The highest BCUT2D eigenvalue weighted by Gasteiger charge is 2.23.